The first-order chi connectivity index (χ1) is 12.7. The SMILES string of the molecule is COCCNc1cc(-c2n[nH]c3cnc(-c4cnn(C)c4)cc23)ccn1. The number of nitrogens with one attached hydrogen (secondary N) is 2. The van der Waals surface area contributed by atoms with E-state index < -0.39 is 0 Å². The quantitative estimate of drug-likeness (QED) is 0.520. The van der Waals surface area contributed by atoms with E-state index in [-0.39, 0.29) is 0 Å². The number of rotatable bonds is 6. The molecule has 26 heavy (non-hydrogen) atoms. The number of ether oxygens (including phenoxy) is 1. The van der Waals surface area contributed by atoms with Crippen LogP contribution in [0.1, 0.15) is 0 Å². The van der Waals surface area contributed by atoms with Gasteiger partial charge in [-0.25, -0.2) is 4.98 Å². The molecule has 2 N–H and O–H groups in total. The molecule has 4 rings (SSSR count). The molecular weight excluding hydrogens is 330 g/mol. The van der Waals surface area contributed by atoms with Crippen LogP contribution in [0.25, 0.3) is 33.4 Å². The molecule has 4 aromatic rings. The molecule has 0 saturated carbocycles. The van der Waals surface area contributed by atoms with Gasteiger partial charge in [-0.3, -0.25) is 14.8 Å². The van der Waals surface area contributed by atoms with E-state index in [1.165, 1.54) is 0 Å². The summed E-state index contributed by atoms with van der Waals surface area (Å²) in [5, 5.41) is 16.0. The molecule has 0 aliphatic rings. The number of H-pyrrole nitrogens is 1. The number of nitrogens with zero attached hydrogens (tertiary/aromatic N) is 5. The Morgan fingerprint density at radius 2 is 2.12 bits per heavy atom. The van der Waals surface area contributed by atoms with Crippen molar-refractivity contribution in [3.05, 3.63) is 43.0 Å². The molecule has 8 nitrogen and oxygen atoms in total. The summed E-state index contributed by atoms with van der Waals surface area (Å²) in [6, 6.07) is 5.96. The lowest BCUT2D eigenvalue weighted by Gasteiger charge is -2.06. The first kappa shape index (κ1) is 16.2. The van der Waals surface area contributed by atoms with Crippen LogP contribution in [0, 0.1) is 0 Å². The third-order valence-corrected chi connectivity index (χ3v) is 4.09. The van der Waals surface area contributed by atoms with Gasteiger partial charge in [-0.1, -0.05) is 0 Å². The van der Waals surface area contributed by atoms with Crippen LogP contribution < -0.4 is 5.32 Å². The molecule has 0 radical (unpaired) electrons. The number of methoxy groups -OCH3 is 1. The largest absolute Gasteiger partial charge is 0.383 e. The van der Waals surface area contributed by atoms with Gasteiger partial charge in [-0.15, -0.1) is 0 Å². The van der Waals surface area contributed by atoms with Crippen LogP contribution in [0.5, 0.6) is 0 Å². The molecule has 4 heterocycles. The molecule has 0 aliphatic carbocycles. The van der Waals surface area contributed by atoms with E-state index in [0.717, 1.165) is 39.2 Å². The summed E-state index contributed by atoms with van der Waals surface area (Å²) in [5.74, 6) is 0.789. The lowest BCUT2D eigenvalue weighted by Crippen LogP contribution is -2.08. The van der Waals surface area contributed by atoms with Crippen molar-refractivity contribution in [2.75, 3.05) is 25.6 Å². The second-order valence-corrected chi connectivity index (χ2v) is 5.94. The van der Waals surface area contributed by atoms with Crippen LogP contribution in [0.2, 0.25) is 0 Å². The Kier molecular flexibility index (Phi) is 4.32. The van der Waals surface area contributed by atoms with Gasteiger partial charge >= 0.3 is 0 Å². The van der Waals surface area contributed by atoms with Gasteiger partial charge in [0.2, 0.25) is 0 Å². The van der Waals surface area contributed by atoms with E-state index in [2.05, 4.69) is 30.6 Å². The Hall–Kier alpha value is -3.26. The molecule has 0 aliphatic heterocycles. The maximum Gasteiger partial charge on any atom is 0.126 e. The van der Waals surface area contributed by atoms with Crippen molar-refractivity contribution in [1.82, 2.24) is 29.9 Å². The van der Waals surface area contributed by atoms with E-state index in [0.29, 0.717) is 13.2 Å². The number of anilines is 1. The molecule has 0 amide bonds. The smallest absolute Gasteiger partial charge is 0.126 e. The zero-order chi connectivity index (χ0) is 17.9. The van der Waals surface area contributed by atoms with Gasteiger partial charge in [0.05, 0.1) is 30.2 Å². The lowest BCUT2D eigenvalue weighted by atomic mass is 10.1. The molecule has 0 spiro atoms. The van der Waals surface area contributed by atoms with Crippen LogP contribution in [0.3, 0.4) is 0 Å². The van der Waals surface area contributed by atoms with Gasteiger partial charge < -0.3 is 10.1 Å². The van der Waals surface area contributed by atoms with E-state index in [9.17, 15) is 0 Å². The minimum Gasteiger partial charge on any atom is -0.383 e. The van der Waals surface area contributed by atoms with Gasteiger partial charge in [0, 0.05) is 49.6 Å². The predicted molar refractivity (Wildman–Crippen MR) is 99.7 cm³/mol. The fourth-order valence-electron chi connectivity index (χ4n) is 2.80. The summed E-state index contributed by atoms with van der Waals surface area (Å²) >= 11 is 0. The summed E-state index contributed by atoms with van der Waals surface area (Å²) in [6.45, 7) is 1.32. The standard InChI is InChI=1S/C18H19N7O/c1-25-11-13(9-22-25)15-8-14-16(10-21-15)23-24-18(14)12-3-4-19-17(7-12)20-5-6-26-2/h3-4,7-11H,5-6H2,1-2H3,(H,19,20)(H,23,24). The normalized spacial score (nSPS) is 11.2. The Morgan fingerprint density at radius 3 is 2.92 bits per heavy atom. The van der Waals surface area contributed by atoms with Crippen LogP contribution in [0.15, 0.2) is 43.0 Å². The van der Waals surface area contributed by atoms with Crippen LogP contribution in [0.4, 0.5) is 5.82 Å². The summed E-state index contributed by atoms with van der Waals surface area (Å²) in [5.41, 5.74) is 4.57. The molecule has 0 unspecified atom stereocenters. The van der Waals surface area contributed by atoms with Crippen molar-refractivity contribution < 1.29 is 4.74 Å². The molecule has 0 saturated heterocycles. The third-order valence-electron chi connectivity index (χ3n) is 4.09. The Bertz CT molecular complexity index is 1040. The number of hydrogen-bond donors (Lipinski definition) is 2. The molecule has 0 bridgehead atoms. The van der Waals surface area contributed by atoms with Crippen LogP contribution in [-0.2, 0) is 11.8 Å². The zero-order valence-electron chi connectivity index (χ0n) is 14.6. The minimum atomic E-state index is 0.622. The average molecular weight is 349 g/mol. The van der Waals surface area contributed by atoms with Crippen molar-refractivity contribution in [1.29, 1.82) is 0 Å². The fourth-order valence-corrected chi connectivity index (χ4v) is 2.80. The van der Waals surface area contributed by atoms with Gasteiger partial charge in [-0.05, 0) is 18.2 Å². The van der Waals surface area contributed by atoms with Gasteiger partial charge in [0.25, 0.3) is 0 Å². The molecular formula is C18H19N7O. The number of aromatic amines is 1. The first-order valence-electron chi connectivity index (χ1n) is 8.27. The van der Waals surface area contributed by atoms with Crippen LogP contribution >= 0.6 is 0 Å². The van der Waals surface area contributed by atoms with E-state index in [1.54, 1.807) is 30.4 Å². The highest BCUT2D eigenvalue weighted by atomic mass is 16.5. The second kappa shape index (κ2) is 6.93. The molecule has 132 valence electrons. The summed E-state index contributed by atoms with van der Waals surface area (Å²) in [4.78, 5) is 8.84. The molecule has 0 fully saturated rings. The van der Waals surface area contributed by atoms with Crippen LogP contribution in [-0.4, -0.2) is 50.2 Å². The highest BCUT2D eigenvalue weighted by Crippen LogP contribution is 2.29. The van der Waals surface area contributed by atoms with Gasteiger partial charge in [0.15, 0.2) is 0 Å². The summed E-state index contributed by atoms with van der Waals surface area (Å²) < 4.78 is 6.82. The molecule has 4 aromatic heterocycles. The minimum absolute atomic E-state index is 0.622. The van der Waals surface area contributed by atoms with E-state index in [4.69, 9.17) is 4.74 Å². The highest BCUT2D eigenvalue weighted by molar-refractivity contribution is 5.94. The van der Waals surface area contributed by atoms with Crippen molar-refractivity contribution in [2.24, 2.45) is 7.05 Å². The summed E-state index contributed by atoms with van der Waals surface area (Å²) in [7, 11) is 3.57. The Balaban J connectivity index is 1.71. The number of fused-ring (bicyclic) bond motifs is 1. The second-order valence-electron chi connectivity index (χ2n) is 5.94. The Morgan fingerprint density at radius 1 is 1.19 bits per heavy atom. The topological polar surface area (TPSA) is 93.5 Å². The third kappa shape index (κ3) is 3.14. The molecule has 0 aromatic carbocycles. The van der Waals surface area contributed by atoms with Gasteiger partial charge in [-0.2, -0.15) is 10.2 Å². The lowest BCUT2D eigenvalue weighted by molar-refractivity contribution is 0.210. The number of pyridine rings is 2. The van der Waals surface area contributed by atoms with Crippen molar-refractivity contribution in [2.45, 2.75) is 0 Å². The Labute approximate surface area is 150 Å². The van der Waals surface area contributed by atoms with Crippen molar-refractivity contribution in [3.63, 3.8) is 0 Å². The highest BCUT2D eigenvalue weighted by Gasteiger charge is 2.12. The fraction of sp³-hybridized carbons (Fsp3) is 0.222. The number of hydrogen-bond acceptors (Lipinski definition) is 6. The van der Waals surface area contributed by atoms with Gasteiger partial charge in [0.1, 0.15) is 11.5 Å². The average Bonchev–Trinajstić information content (AvgIpc) is 3.28. The zero-order valence-corrected chi connectivity index (χ0v) is 14.6. The number of aryl methyl sites for hydroxylation is 1. The van der Waals surface area contributed by atoms with E-state index in [1.807, 2.05) is 31.4 Å². The maximum absolute atomic E-state index is 5.06. The van der Waals surface area contributed by atoms with Crippen molar-refractivity contribution in [3.8, 4) is 22.5 Å². The predicted octanol–water partition coefficient (Wildman–Crippen LogP) is 2.48. The molecule has 0 atom stereocenters. The van der Waals surface area contributed by atoms with E-state index >= 15 is 0 Å². The maximum atomic E-state index is 5.06. The summed E-state index contributed by atoms with van der Waals surface area (Å²) in [6.07, 6.45) is 7.32. The first-order valence-corrected chi connectivity index (χ1v) is 8.27. The monoisotopic (exact) mass is 349 g/mol. The number of aromatic nitrogens is 6. The molecule has 8 heteroatoms. The van der Waals surface area contributed by atoms with Crippen molar-refractivity contribution >= 4 is 16.7 Å².